The van der Waals surface area contributed by atoms with Crippen molar-refractivity contribution in [1.29, 1.82) is 0 Å². The van der Waals surface area contributed by atoms with Crippen molar-refractivity contribution in [2.45, 2.75) is 19.9 Å². The summed E-state index contributed by atoms with van der Waals surface area (Å²) in [6.45, 7) is 3.28. The summed E-state index contributed by atoms with van der Waals surface area (Å²) in [6.07, 6.45) is 1.69. The number of carbonyl (C=O) groups is 3. The van der Waals surface area contributed by atoms with Crippen molar-refractivity contribution in [3.63, 3.8) is 0 Å². The van der Waals surface area contributed by atoms with Crippen LogP contribution in [-0.4, -0.2) is 49.4 Å². The summed E-state index contributed by atoms with van der Waals surface area (Å²) in [5.74, 6) is -2.99. The van der Waals surface area contributed by atoms with Crippen molar-refractivity contribution in [2.24, 2.45) is 0 Å². The van der Waals surface area contributed by atoms with Crippen LogP contribution < -0.4 is 4.90 Å². The number of fused-ring (bicyclic) bond motifs is 1. The summed E-state index contributed by atoms with van der Waals surface area (Å²) in [7, 11) is 1.23. The Labute approximate surface area is 208 Å². The van der Waals surface area contributed by atoms with Gasteiger partial charge in [-0.15, -0.1) is 0 Å². The molecule has 1 aliphatic rings. The van der Waals surface area contributed by atoms with E-state index < -0.39 is 29.5 Å². The summed E-state index contributed by atoms with van der Waals surface area (Å²) in [4.78, 5) is 49.1. The van der Waals surface area contributed by atoms with Gasteiger partial charge in [-0.05, 0) is 43.7 Å². The molecule has 0 bridgehead atoms. The van der Waals surface area contributed by atoms with Crippen molar-refractivity contribution >= 4 is 45.5 Å². The van der Waals surface area contributed by atoms with Gasteiger partial charge in [-0.1, -0.05) is 29.5 Å². The molecule has 1 amide bonds. The fourth-order valence-electron chi connectivity index (χ4n) is 4.33. The van der Waals surface area contributed by atoms with Crippen LogP contribution in [0.25, 0.3) is 11.4 Å². The van der Waals surface area contributed by atoms with Gasteiger partial charge in [0.1, 0.15) is 22.0 Å². The maximum absolute atomic E-state index is 13.4. The number of thiazole rings is 1. The quantitative estimate of drug-likeness (QED) is 0.187. The Bertz CT molecular complexity index is 1600. The topological polar surface area (TPSA) is 134 Å². The van der Waals surface area contributed by atoms with Gasteiger partial charge in [-0.25, -0.2) is 14.8 Å². The second kappa shape index (κ2) is 8.61. The summed E-state index contributed by atoms with van der Waals surface area (Å²) < 4.78 is 6.43. The minimum absolute atomic E-state index is 0.0808. The number of hydrogen-bond acceptors (Lipinski definition) is 9. The third-order valence-electron chi connectivity index (χ3n) is 5.92. The molecule has 36 heavy (non-hydrogen) atoms. The second-order valence-corrected chi connectivity index (χ2v) is 9.12. The molecule has 1 atom stereocenters. The van der Waals surface area contributed by atoms with E-state index in [1.807, 2.05) is 0 Å². The van der Waals surface area contributed by atoms with Crippen LogP contribution in [0.3, 0.4) is 0 Å². The van der Waals surface area contributed by atoms with Gasteiger partial charge >= 0.3 is 11.9 Å². The van der Waals surface area contributed by atoms with Gasteiger partial charge in [0.15, 0.2) is 10.9 Å². The Kier molecular flexibility index (Phi) is 5.56. The van der Waals surface area contributed by atoms with Crippen molar-refractivity contribution in [1.82, 2.24) is 14.4 Å². The predicted molar refractivity (Wildman–Crippen MR) is 131 cm³/mol. The molecule has 3 aromatic heterocycles. The number of imidazole rings is 1. The third kappa shape index (κ3) is 3.52. The molecule has 0 spiro atoms. The van der Waals surface area contributed by atoms with Crippen LogP contribution in [0.1, 0.15) is 38.4 Å². The molecule has 1 aliphatic heterocycles. The number of aryl methyl sites for hydroxylation is 2. The number of nitrogens with zero attached hydrogens (tertiary/aromatic N) is 4. The number of pyridine rings is 1. The number of esters is 1. The summed E-state index contributed by atoms with van der Waals surface area (Å²) in [5.41, 5.74) is 1.78. The van der Waals surface area contributed by atoms with Gasteiger partial charge in [0, 0.05) is 6.20 Å². The molecule has 182 valence electrons. The normalized spacial score (nSPS) is 17.2. The van der Waals surface area contributed by atoms with Crippen molar-refractivity contribution in [3.05, 3.63) is 81.8 Å². The highest BCUT2D eigenvalue weighted by Gasteiger charge is 2.49. The minimum atomic E-state index is -1.12. The number of benzene rings is 1. The lowest BCUT2D eigenvalue weighted by atomic mass is 9.96. The van der Waals surface area contributed by atoms with E-state index >= 15 is 0 Å². The molecule has 1 unspecified atom stereocenters. The molecule has 10 nitrogen and oxygen atoms in total. The molecular formula is C25H20N4O6S. The number of rotatable bonds is 4. The van der Waals surface area contributed by atoms with E-state index in [9.17, 15) is 24.6 Å². The van der Waals surface area contributed by atoms with Crippen LogP contribution in [0.4, 0.5) is 5.13 Å². The van der Waals surface area contributed by atoms with Crippen LogP contribution in [0.5, 0.6) is 5.75 Å². The lowest BCUT2D eigenvalue weighted by molar-refractivity contribution is -0.132. The number of aliphatic hydroxyl groups is 1. The maximum Gasteiger partial charge on any atom is 0.350 e. The first-order valence-electron chi connectivity index (χ1n) is 10.8. The molecule has 2 N–H and O–H groups in total. The first kappa shape index (κ1) is 23.2. The molecule has 0 aliphatic carbocycles. The summed E-state index contributed by atoms with van der Waals surface area (Å²) >= 11 is 0.898. The monoisotopic (exact) mass is 504 g/mol. The van der Waals surface area contributed by atoms with Crippen molar-refractivity contribution in [2.75, 3.05) is 12.0 Å². The number of hydrogen-bond donors (Lipinski definition) is 2. The number of phenolic OH excluding ortho intramolecular Hbond substituents is 1. The van der Waals surface area contributed by atoms with Crippen LogP contribution in [0.15, 0.2) is 54.2 Å². The number of Topliss-reactive ketones (excluding diaryl/α,β-unsaturated/α-hetero) is 1. The van der Waals surface area contributed by atoms with E-state index in [0.717, 1.165) is 16.2 Å². The largest absolute Gasteiger partial charge is 0.508 e. The molecule has 5 rings (SSSR count). The highest BCUT2D eigenvalue weighted by atomic mass is 32.1. The number of aromatic nitrogens is 3. The fourth-order valence-corrected chi connectivity index (χ4v) is 5.35. The highest BCUT2D eigenvalue weighted by Crippen LogP contribution is 2.44. The van der Waals surface area contributed by atoms with Gasteiger partial charge < -0.3 is 14.9 Å². The molecule has 1 saturated heterocycles. The van der Waals surface area contributed by atoms with Crippen molar-refractivity contribution in [3.8, 4) is 5.75 Å². The molecule has 4 heterocycles. The summed E-state index contributed by atoms with van der Waals surface area (Å²) in [5, 5.41) is 21.7. The Morgan fingerprint density at radius 3 is 2.58 bits per heavy atom. The zero-order valence-corrected chi connectivity index (χ0v) is 20.2. The van der Waals surface area contributed by atoms with E-state index in [1.165, 1.54) is 19.2 Å². The fraction of sp³-hybridized carbons (Fsp3) is 0.160. The minimum Gasteiger partial charge on any atom is -0.508 e. The highest BCUT2D eigenvalue weighted by molar-refractivity contribution is 7.17. The number of methoxy groups -OCH3 is 1. The van der Waals surface area contributed by atoms with Crippen LogP contribution >= 0.6 is 11.3 Å². The zero-order chi connectivity index (χ0) is 25.7. The molecule has 1 aromatic carbocycles. The second-order valence-electron chi connectivity index (χ2n) is 8.14. The van der Waals surface area contributed by atoms with Gasteiger partial charge in [0.05, 0.1) is 30.1 Å². The third-order valence-corrected chi connectivity index (χ3v) is 7.06. The SMILES string of the molecule is COC(=O)c1sc(N2C(=O)C(=O)/C(=C(/O)c3c(C)nc4ccccn34)C2c2cccc(O)c2)nc1C. The number of carbonyl (C=O) groups excluding carboxylic acids is 3. The van der Waals surface area contributed by atoms with Crippen LogP contribution in [-0.2, 0) is 14.3 Å². The molecule has 1 fully saturated rings. The molecule has 0 radical (unpaired) electrons. The zero-order valence-electron chi connectivity index (χ0n) is 19.4. The average molecular weight is 505 g/mol. The Morgan fingerprint density at radius 2 is 1.86 bits per heavy atom. The number of ketones is 1. The Hall–Kier alpha value is -4.51. The number of ether oxygens (including phenoxy) is 1. The number of aliphatic hydroxyl groups excluding tert-OH is 1. The van der Waals surface area contributed by atoms with E-state index in [1.54, 1.807) is 54.8 Å². The van der Waals surface area contributed by atoms with E-state index in [4.69, 9.17) is 4.74 Å². The van der Waals surface area contributed by atoms with E-state index in [2.05, 4.69) is 9.97 Å². The standard InChI is InChI=1S/C25H20N4O6S/c1-12-18(28-10-5-4-9-16(28)26-12)20(31)17-19(14-7-6-8-15(30)11-14)29(23(33)21(17)32)25-27-13(2)22(36-25)24(34)35-3/h4-11,19,30-31H,1-3H3/b20-17+. The number of aromatic hydroxyl groups is 1. The lowest BCUT2D eigenvalue weighted by Gasteiger charge is -2.23. The first-order valence-corrected chi connectivity index (χ1v) is 11.6. The van der Waals surface area contributed by atoms with Crippen molar-refractivity contribution < 1.29 is 29.3 Å². The lowest BCUT2D eigenvalue weighted by Crippen LogP contribution is -2.29. The smallest absolute Gasteiger partial charge is 0.350 e. The van der Waals surface area contributed by atoms with Gasteiger partial charge in [-0.3, -0.25) is 18.9 Å². The van der Waals surface area contributed by atoms with Gasteiger partial charge in [0.25, 0.3) is 5.78 Å². The molecule has 0 saturated carbocycles. The number of phenols is 1. The first-order chi connectivity index (χ1) is 17.2. The average Bonchev–Trinajstić information content (AvgIpc) is 3.48. The summed E-state index contributed by atoms with van der Waals surface area (Å²) in [6, 6.07) is 10.2. The van der Waals surface area contributed by atoms with Gasteiger partial charge in [0.2, 0.25) is 0 Å². The molecule has 11 heteroatoms. The van der Waals surface area contributed by atoms with Crippen LogP contribution in [0, 0.1) is 13.8 Å². The maximum atomic E-state index is 13.4. The predicted octanol–water partition coefficient (Wildman–Crippen LogP) is 3.53. The number of amides is 1. The van der Waals surface area contributed by atoms with E-state index in [-0.39, 0.29) is 27.0 Å². The number of anilines is 1. The Morgan fingerprint density at radius 1 is 1.08 bits per heavy atom. The van der Waals surface area contributed by atoms with Crippen LogP contribution in [0.2, 0.25) is 0 Å². The van der Waals surface area contributed by atoms with Gasteiger partial charge in [-0.2, -0.15) is 0 Å². The molecule has 4 aromatic rings. The van der Waals surface area contributed by atoms with E-state index in [0.29, 0.717) is 22.6 Å². The Balaban J connectivity index is 1.77. The molecular weight excluding hydrogens is 484 g/mol.